The number of carbonyl (C=O) groups is 2. The summed E-state index contributed by atoms with van der Waals surface area (Å²) < 4.78 is 4.62. The zero-order valence-corrected chi connectivity index (χ0v) is 6.77. The van der Waals surface area contributed by atoms with Crippen molar-refractivity contribution in [1.82, 2.24) is 10.3 Å². The molecule has 68 valence electrons. The van der Waals surface area contributed by atoms with Gasteiger partial charge in [0.25, 0.3) is 0 Å². The summed E-state index contributed by atoms with van der Waals surface area (Å²) in [6, 6.07) is 4.90. The van der Waals surface area contributed by atoms with E-state index in [9.17, 15) is 9.59 Å². The zero-order chi connectivity index (χ0) is 9.52. The summed E-state index contributed by atoms with van der Waals surface area (Å²) in [5.41, 5.74) is 0.218. The molecule has 1 aromatic rings. The van der Waals surface area contributed by atoms with E-state index in [1.165, 1.54) is 12.3 Å². The first-order valence-electron chi connectivity index (χ1n) is 3.60. The molecule has 5 heteroatoms. The first-order chi connectivity index (χ1) is 6.34. The van der Waals surface area contributed by atoms with Crippen LogP contribution in [-0.2, 0) is 9.53 Å². The molecular weight excluding hydrogens is 172 g/mol. The highest BCUT2D eigenvalue weighted by Crippen LogP contribution is 1.95. The topological polar surface area (TPSA) is 68.3 Å². The lowest BCUT2D eigenvalue weighted by Gasteiger charge is -2.01. The third kappa shape index (κ3) is 2.90. The van der Waals surface area contributed by atoms with E-state index in [0.717, 1.165) is 0 Å². The predicted molar refractivity (Wildman–Crippen MR) is 43.7 cm³/mol. The molecule has 1 heterocycles. The van der Waals surface area contributed by atoms with Gasteiger partial charge in [0.2, 0.25) is 6.41 Å². The lowest BCUT2D eigenvalue weighted by atomic mass is 10.4. The Bertz CT molecular complexity index is 287. The normalized spacial score (nSPS) is 8.92. The molecule has 0 atom stereocenters. The number of rotatable bonds is 4. The highest BCUT2D eigenvalue weighted by atomic mass is 16.5. The molecule has 0 saturated carbocycles. The number of amides is 1. The van der Waals surface area contributed by atoms with Gasteiger partial charge in [-0.1, -0.05) is 6.07 Å². The fourth-order valence-corrected chi connectivity index (χ4v) is 0.699. The number of hydrogen-bond acceptors (Lipinski definition) is 4. The molecule has 0 aliphatic carbocycles. The van der Waals surface area contributed by atoms with E-state index in [1.54, 1.807) is 12.1 Å². The maximum Gasteiger partial charge on any atom is 0.358 e. The van der Waals surface area contributed by atoms with Crippen LogP contribution in [0, 0.1) is 0 Å². The van der Waals surface area contributed by atoms with Crippen LogP contribution in [0.4, 0.5) is 0 Å². The maximum absolute atomic E-state index is 11.1. The van der Waals surface area contributed by atoms with Gasteiger partial charge in [-0.3, -0.25) is 4.79 Å². The van der Waals surface area contributed by atoms with Crippen molar-refractivity contribution in [3.63, 3.8) is 0 Å². The van der Waals surface area contributed by atoms with Crippen LogP contribution in [-0.4, -0.2) is 24.1 Å². The van der Waals surface area contributed by atoms with Crippen molar-refractivity contribution in [3.05, 3.63) is 30.1 Å². The van der Waals surface area contributed by atoms with Gasteiger partial charge in [-0.15, -0.1) is 0 Å². The Morgan fingerprint density at radius 1 is 1.62 bits per heavy atom. The Balaban J connectivity index is 2.45. The van der Waals surface area contributed by atoms with E-state index in [2.05, 4.69) is 15.0 Å². The summed E-state index contributed by atoms with van der Waals surface area (Å²) >= 11 is 0. The lowest BCUT2D eigenvalue weighted by Crippen LogP contribution is -2.19. The molecule has 1 amide bonds. The van der Waals surface area contributed by atoms with E-state index < -0.39 is 5.97 Å². The van der Waals surface area contributed by atoms with Crippen molar-refractivity contribution in [3.8, 4) is 0 Å². The molecule has 13 heavy (non-hydrogen) atoms. The number of carbonyl (C=O) groups excluding carboxylic acids is 2. The molecule has 0 unspecified atom stereocenters. The average Bonchev–Trinajstić information content (AvgIpc) is 2.19. The Morgan fingerprint density at radius 3 is 3.08 bits per heavy atom. The molecule has 0 aliphatic heterocycles. The Kier molecular flexibility index (Phi) is 3.44. The van der Waals surface area contributed by atoms with E-state index in [0.29, 0.717) is 6.41 Å². The maximum atomic E-state index is 11.1. The van der Waals surface area contributed by atoms with Gasteiger partial charge >= 0.3 is 5.97 Å². The number of esters is 1. The van der Waals surface area contributed by atoms with Crippen LogP contribution in [0.2, 0.25) is 0 Å². The van der Waals surface area contributed by atoms with Crippen molar-refractivity contribution in [2.24, 2.45) is 0 Å². The zero-order valence-electron chi connectivity index (χ0n) is 6.77. The first-order valence-corrected chi connectivity index (χ1v) is 3.60. The molecule has 0 bridgehead atoms. The van der Waals surface area contributed by atoms with Crippen LogP contribution in [0.3, 0.4) is 0 Å². The summed E-state index contributed by atoms with van der Waals surface area (Å²) in [7, 11) is 0. The molecule has 5 nitrogen and oxygen atoms in total. The molecule has 0 spiro atoms. The van der Waals surface area contributed by atoms with Gasteiger partial charge in [-0.05, 0) is 12.1 Å². The third-order valence-corrected chi connectivity index (χ3v) is 1.24. The second-order valence-corrected chi connectivity index (χ2v) is 2.11. The van der Waals surface area contributed by atoms with Crippen LogP contribution in [0.5, 0.6) is 0 Å². The van der Waals surface area contributed by atoms with Crippen molar-refractivity contribution >= 4 is 12.4 Å². The molecule has 1 rings (SSSR count). The molecule has 0 saturated heterocycles. The number of nitrogens with zero attached hydrogens (tertiary/aromatic N) is 1. The quantitative estimate of drug-likeness (QED) is 0.305. The standard InChI is InChI=1S/C8H8N2O3/c11-5-9-6-13-8(12)7-3-1-2-4-10-7/h1-5H,6H2,(H,9,11). The molecule has 0 aromatic carbocycles. The SMILES string of the molecule is O=CNCOC(=O)c1ccccn1. The molecule has 0 aliphatic rings. The Morgan fingerprint density at radius 2 is 2.46 bits per heavy atom. The summed E-state index contributed by atoms with van der Waals surface area (Å²) in [4.78, 5) is 24.7. The molecule has 1 aromatic heterocycles. The van der Waals surface area contributed by atoms with E-state index in [4.69, 9.17) is 0 Å². The van der Waals surface area contributed by atoms with Gasteiger partial charge < -0.3 is 10.1 Å². The number of hydrogen-bond donors (Lipinski definition) is 1. The monoisotopic (exact) mass is 180 g/mol. The van der Waals surface area contributed by atoms with Gasteiger partial charge in [-0.25, -0.2) is 9.78 Å². The van der Waals surface area contributed by atoms with Gasteiger partial charge in [0.05, 0.1) is 0 Å². The highest BCUT2D eigenvalue weighted by molar-refractivity contribution is 5.87. The van der Waals surface area contributed by atoms with Gasteiger partial charge in [0.15, 0.2) is 6.73 Å². The van der Waals surface area contributed by atoms with Crippen molar-refractivity contribution in [1.29, 1.82) is 0 Å². The number of ether oxygens (including phenoxy) is 1. The average molecular weight is 180 g/mol. The third-order valence-electron chi connectivity index (χ3n) is 1.24. The summed E-state index contributed by atoms with van der Waals surface area (Å²) in [6.45, 7) is -0.140. The minimum Gasteiger partial charge on any atom is -0.440 e. The van der Waals surface area contributed by atoms with E-state index >= 15 is 0 Å². The smallest absolute Gasteiger partial charge is 0.358 e. The first kappa shape index (κ1) is 9.18. The minimum atomic E-state index is -0.560. The fourth-order valence-electron chi connectivity index (χ4n) is 0.699. The van der Waals surface area contributed by atoms with Crippen LogP contribution < -0.4 is 5.32 Å². The van der Waals surface area contributed by atoms with Crippen LogP contribution in [0.1, 0.15) is 10.5 Å². The minimum absolute atomic E-state index is 0.140. The predicted octanol–water partition coefficient (Wildman–Crippen LogP) is -0.0581. The largest absolute Gasteiger partial charge is 0.440 e. The lowest BCUT2D eigenvalue weighted by molar-refractivity contribution is -0.110. The Hall–Kier alpha value is -1.91. The number of pyridine rings is 1. The number of aromatic nitrogens is 1. The van der Waals surface area contributed by atoms with Gasteiger partial charge in [-0.2, -0.15) is 0 Å². The van der Waals surface area contributed by atoms with E-state index in [1.807, 2.05) is 0 Å². The number of nitrogens with one attached hydrogen (secondary N) is 1. The van der Waals surface area contributed by atoms with Crippen molar-refractivity contribution < 1.29 is 14.3 Å². The summed E-state index contributed by atoms with van der Waals surface area (Å²) in [5, 5.41) is 2.20. The van der Waals surface area contributed by atoms with Crippen molar-refractivity contribution in [2.45, 2.75) is 0 Å². The van der Waals surface area contributed by atoms with Gasteiger partial charge in [0.1, 0.15) is 5.69 Å². The fraction of sp³-hybridized carbons (Fsp3) is 0.125. The molecule has 0 radical (unpaired) electrons. The second-order valence-electron chi connectivity index (χ2n) is 2.11. The van der Waals surface area contributed by atoms with Crippen molar-refractivity contribution in [2.75, 3.05) is 6.73 Å². The summed E-state index contributed by atoms with van der Waals surface area (Å²) in [5.74, 6) is -0.560. The summed E-state index contributed by atoms with van der Waals surface area (Å²) in [6.07, 6.45) is 1.94. The van der Waals surface area contributed by atoms with Crippen LogP contribution in [0.15, 0.2) is 24.4 Å². The van der Waals surface area contributed by atoms with E-state index in [-0.39, 0.29) is 12.4 Å². The van der Waals surface area contributed by atoms with Crippen LogP contribution >= 0.6 is 0 Å². The Labute approximate surface area is 74.7 Å². The van der Waals surface area contributed by atoms with Crippen LogP contribution in [0.25, 0.3) is 0 Å². The second kappa shape index (κ2) is 4.87. The molecular formula is C8H8N2O3. The molecule has 1 N–H and O–H groups in total. The highest BCUT2D eigenvalue weighted by Gasteiger charge is 2.05. The molecule has 0 fully saturated rings. The van der Waals surface area contributed by atoms with Gasteiger partial charge in [0, 0.05) is 6.20 Å².